The van der Waals surface area contributed by atoms with Gasteiger partial charge < -0.3 is 10.1 Å². The molecule has 0 atom stereocenters. The largest absolute Gasteiger partial charge is 0.479 e. The molecule has 0 aliphatic carbocycles. The molecule has 2 rings (SSSR count). The van der Waals surface area contributed by atoms with E-state index in [4.69, 9.17) is 16.3 Å². The summed E-state index contributed by atoms with van der Waals surface area (Å²) in [6.45, 7) is 0.320. The van der Waals surface area contributed by atoms with Crippen molar-refractivity contribution in [3.63, 3.8) is 0 Å². The van der Waals surface area contributed by atoms with E-state index in [-0.39, 0.29) is 24.6 Å². The Morgan fingerprint density at radius 3 is 2.77 bits per heavy atom. The van der Waals surface area contributed by atoms with Gasteiger partial charge in [-0.15, -0.1) is 0 Å². The van der Waals surface area contributed by atoms with Gasteiger partial charge in [0.15, 0.2) is 0 Å². The zero-order valence-corrected chi connectivity index (χ0v) is 12.4. The highest BCUT2D eigenvalue weighted by Gasteiger charge is 2.04. The summed E-state index contributed by atoms with van der Waals surface area (Å²) in [5.41, 5.74) is 0.258. The molecule has 0 aliphatic heterocycles. The van der Waals surface area contributed by atoms with E-state index in [1.54, 1.807) is 12.1 Å². The van der Waals surface area contributed by atoms with Crippen molar-refractivity contribution in [2.45, 2.75) is 0 Å². The molecule has 3 nitrogen and oxygen atoms in total. The van der Waals surface area contributed by atoms with Crippen LogP contribution in [-0.4, -0.2) is 19.1 Å². The molecular weight excluding hydrogens is 305 g/mol. The number of amides is 1. The van der Waals surface area contributed by atoms with Crippen LogP contribution in [0.1, 0.15) is 10.4 Å². The van der Waals surface area contributed by atoms with Crippen LogP contribution < -0.4 is 10.1 Å². The summed E-state index contributed by atoms with van der Waals surface area (Å²) < 4.78 is 18.4. The molecule has 1 amide bonds. The van der Waals surface area contributed by atoms with Crippen molar-refractivity contribution in [1.29, 1.82) is 0 Å². The van der Waals surface area contributed by atoms with Gasteiger partial charge in [0.2, 0.25) is 0 Å². The van der Waals surface area contributed by atoms with E-state index in [2.05, 4.69) is 17.2 Å². The molecule has 0 aliphatic rings. The first-order chi connectivity index (χ1) is 10.7. The molecule has 0 bridgehead atoms. The monoisotopic (exact) mass is 317 g/mol. The van der Waals surface area contributed by atoms with E-state index in [9.17, 15) is 9.18 Å². The molecule has 0 saturated heterocycles. The minimum Gasteiger partial charge on any atom is -0.479 e. The molecule has 112 valence electrons. The maximum absolute atomic E-state index is 13.0. The molecule has 0 spiro atoms. The lowest BCUT2D eigenvalue weighted by atomic mass is 10.2. The van der Waals surface area contributed by atoms with E-state index in [0.717, 1.165) is 0 Å². The number of carbonyl (C=O) groups is 1. The van der Waals surface area contributed by atoms with Gasteiger partial charge in [-0.05, 0) is 30.3 Å². The van der Waals surface area contributed by atoms with E-state index >= 15 is 0 Å². The fourth-order valence-corrected chi connectivity index (χ4v) is 1.84. The number of carbonyl (C=O) groups excluding carboxylic acids is 1. The predicted molar refractivity (Wildman–Crippen MR) is 83.5 cm³/mol. The normalized spacial score (nSPS) is 9.55. The molecule has 0 heterocycles. The van der Waals surface area contributed by atoms with Crippen LogP contribution in [0.15, 0.2) is 48.5 Å². The number of para-hydroxylation sites is 1. The van der Waals surface area contributed by atoms with Gasteiger partial charge in [-0.3, -0.25) is 4.79 Å². The van der Waals surface area contributed by atoms with Crippen molar-refractivity contribution in [1.82, 2.24) is 5.32 Å². The third-order valence-corrected chi connectivity index (χ3v) is 3.00. The fraction of sp³-hybridized carbons (Fsp3) is 0.118. The number of rotatable bonds is 4. The zero-order chi connectivity index (χ0) is 15.8. The van der Waals surface area contributed by atoms with Crippen molar-refractivity contribution < 1.29 is 13.9 Å². The second-order valence-electron chi connectivity index (χ2n) is 4.27. The summed E-state index contributed by atoms with van der Waals surface area (Å²) in [6, 6.07) is 12.6. The lowest BCUT2D eigenvalue weighted by Gasteiger charge is -2.03. The molecule has 5 heteroatoms. The molecule has 2 aromatic carbocycles. The first kappa shape index (κ1) is 15.9. The Morgan fingerprint density at radius 1 is 1.18 bits per heavy atom. The molecule has 0 saturated carbocycles. The Balaban J connectivity index is 1.75. The van der Waals surface area contributed by atoms with E-state index in [1.165, 1.54) is 24.3 Å². The molecule has 22 heavy (non-hydrogen) atoms. The maximum atomic E-state index is 13.0. The smallest absolute Gasteiger partial charge is 0.252 e. The number of nitrogens with one attached hydrogen (secondary N) is 1. The van der Waals surface area contributed by atoms with Gasteiger partial charge in [-0.25, -0.2) is 4.39 Å². The second kappa shape index (κ2) is 8.06. The van der Waals surface area contributed by atoms with Crippen LogP contribution in [0.25, 0.3) is 0 Å². The minimum atomic E-state index is -0.452. The van der Waals surface area contributed by atoms with E-state index < -0.39 is 5.82 Å². The van der Waals surface area contributed by atoms with Gasteiger partial charge in [0.25, 0.3) is 5.91 Å². The lowest BCUT2D eigenvalue weighted by molar-refractivity contribution is 0.0958. The lowest BCUT2D eigenvalue weighted by Crippen LogP contribution is -2.23. The average molecular weight is 318 g/mol. The molecule has 0 fully saturated rings. The summed E-state index contributed by atoms with van der Waals surface area (Å²) in [5, 5.41) is 3.09. The van der Waals surface area contributed by atoms with Gasteiger partial charge in [0, 0.05) is 5.56 Å². The topological polar surface area (TPSA) is 38.3 Å². The molecule has 0 unspecified atom stereocenters. The van der Waals surface area contributed by atoms with Crippen LogP contribution in [0.3, 0.4) is 0 Å². The Hall–Kier alpha value is -2.51. The summed E-state index contributed by atoms with van der Waals surface area (Å²) in [4.78, 5) is 11.7. The van der Waals surface area contributed by atoms with Crippen LogP contribution >= 0.6 is 11.6 Å². The summed E-state index contributed by atoms with van der Waals surface area (Å²) >= 11 is 5.93. The van der Waals surface area contributed by atoms with Gasteiger partial charge in [0.1, 0.15) is 18.2 Å². The van der Waals surface area contributed by atoms with Gasteiger partial charge in [0.05, 0.1) is 11.6 Å². The SMILES string of the molecule is O=C(NCC#CCOc1ccccc1Cl)c1cccc(F)c1. The molecule has 1 N–H and O–H groups in total. The first-order valence-electron chi connectivity index (χ1n) is 6.53. The quantitative estimate of drug-likeness (QED) is 0.879. The number of hydrogen-bond acceptors (Lipinski definition) is 2. The highest BCUT2D eigenvalue weighted by molar-refractivity contribution is 6.32. The third-order valence-electron chi connectivity index (χ3n) is 2.69. The number of hydrogen-bond donors (Lipinski definition) is 1. The fourth-order valence-electron chi connectivity index (χ4n) is 1.65. The molecule has 0 aromatic heterocycles. The Bertz CT molecular complexity index is 722. The van der Waals surface area contributed by atoms with Crippen molar-refractivity contribution in [3.8, 4) is 17.6 Å². The Labute approximate surface area is 133 Å². The van der Waals surface area contributed by atoms with Crippen LogP contribution in [-0.2, 0) is 0 Å². The van der Waals surface area contributed by atoms with Crippen LogP contribution in [0, 0.1) is 17.7 Å². The standard InChI is InChI=1S/C17H13ClFNO2/c18-15-8-1-2-9-16(15)22-11-4-3-10-20-17(21)13-6-5-7-14(19)12-13/h1-2,5-9,12H,10-11H2,(H,20,21). The van der Waals surface area contributed by atoms with Crippen LogP contribution in [0.2, 0.25) is 5.02 Å². The number of benzene rings is 2. The minimum absolute atomic E-state index is 0.154. The Morgan fingerprint density at radius 2 is 2.00 bits per heavy atom. The number of ether oxygens (including phenoxy) is 1. The van der Waals surface area contributed by atoms with Gasteiger partial charge >= 0.3 is 0 Å². The zero-order valence-electron chi connectivity index (χ0n) is 11.6. The number of halogens is 2. The third kappa shape index (κ3) is 4.80. The second-order valence-corrected chi connectivity index (χ2v) is 4.67. The highest BCUT2D eigenvalue weighted by atomic mass is 35.5. The van der Waals surface area contributed by atoms with Crippen molar-refractivity contribution in [2.75, 3.05) is 13.2 Å². The summed E-state index contributed by atoms with van der Waals surface area (Å²) in [7, 11) is 0. The van der Waals surface area contributed by atoms with Gasteiger partial charge in [-0.2, -0.15) is 0 Å². The van der Waals surface area contributed by atoms with E-state index in [1.807, 2.05) is 12.1 Å². The van der Waals surface area contributed by atoms with E-state index in [0.29, 0.717) is 10.8 Å². The predicted octanol–water partition coefficient (Wildman–Crippen LogP) is 3.29. The van der Waals surface area contributed by atoms with Crippen molar-refractivity contribution >= 4 is 17.5 Å². The Kier molecular flexibility index (Phi) is 5.81. The van der Waals surface area contributed by atoms with Gasteiger partial charge in [-0.1, -0.05) is 41.6 Å². The first-order valence-corrected chi connectivity index (χ1v) is 6.91. The molecular formula is C17H13ClFNO2. The molecule has 2 aromatic rings. The van der Waals surface area contributed by atoms with Crippen LogP contribution in [0.4, 0.5) is 4.39 Å². The molecule has 0 radical (unpaired) electrons. The summed E-state index contributed by atoms with van der Waals surface area (Å²) in [5.74, 6) is 5.24. The van der Waals surface area contributed by atoms with Crippen LogP contribution in [0.5, 0.6) is 5.75 Å². The maximum Gasteiger partial charge on any atom is 0.252 e. The van der Waals surface area contributed by atoms with Crippen molar-refractivity contribution in [3.05, 3.63) is 64.9 Å². The summed E-state index contributed by atoms with van der Waals surface area (Å²) in [6.07, 6.45) is 0. The average Bonchev–Trinajstić information content (AvgIpc) is 2.52. The van der Waals surface area contributed by atoms with Crippen molar-refractivity contribution in [2.24, 2.45) is 0 Å². The highest BCUT2D eigenvalue weighted by Crippen LogP contribution is 2.22.